The number of aromatic nitrogens is 2. The lowest BCUT2D eigenvalue weighted by Gasteiger charge is -2.07. The van der Waals surface area contributed by atoms with E-state index < -0.39 is 0 Å². The van der Waals surface area contributed by atoms with Crippen LogP contribution in [0.2, 0.25) is 0 Å². The molecule has 0 spiro atoms. The van der Waals surface area contributed by atoms with Gasteiger partial charge in [0.25, 0.3) is 0 Å². The van der Waals surface area contributed by atoms with Gasteiger partial charge in [-0.1, -0.05) is 0 Å². The van der Waals surface area contributed by atoms with Crippen LogP contribution in [0.15, 0.2) is 30.6 Å². The summed E-state index contributed by atoms with van der Waals surface area (Å²) in [5, 5.41) is 8.81. The Kier molecular flexibility index (Phi) is 3.30. The second-order valence-corrected chi connectivity index (χ2v) is 3.52. The predicted molar refractivity (Wildman–Crippen MR) is 59.2 cm³/mol. The van der Waals surface area contributed by atoms with Crippen LogP contribution in [0.25, 0.3) is 0 Å². The molecular weight excluding hydrogens is 223 g/mol. The van der Waals surface area contributed by atoms with Gasteiger partial charge in [0.15, 0.2) is 0 Å². The lowest BCUT2D eigenvalue weighted by Crippen LogP contribution is -1.95. The number of hydrogen-bond donors (Lipinski definition) is 1. The molecule has 0 unspecified atom stereocenters. The highest BCUT2D eigenvalue weighted by molar-refractivity contribution is 5.35. The van der Waals surface area contributed by atoms with Crippen molar-refractivity contribution in [2.45, 2.75) is 13.5 Å². The highest BCUT2D eigenvalue weighted by atomic mass is 19.1. The zero-order valence-electron chi connectivity index (χ0n) is 9.22. The van der Waals surface area contributed by atoms with Crippen LogP contribution in [0, 0.1) is 12.7 Å². The number of benzene rings is 1. The number of aliphatic hydroxyl groups is 1. The summed E-state index contributed by atoms with van der Waals surface area (Å²) in [4.78, 5) is 7.90. The molecule has 1 N–H and O–H groups in total. The van der Waals surface area contributed by atoms with Crippen LogP contribution < -0.4 is 4.74 Å². The van der Waals surface area contributed by atoms with Crippen LogP contribution in [0.4, 0.5) is 4.39 Å². The molecule has 0 amide bonds. The van der Waals surface area contributed by atoms with E-state index in [1.54, 1.807) is 6.92 Å². The van der Waals surface area contributed by atoms with Crippen LogP contribution in [0.5, 0.6) is 11.6 Å². The van der Waals surface area contributed by atoms with Gasteiger partial charge in [-0.05, 0) is 30.7 Å². The predicted octanol–water partition coefficient (Wildman–Crippen LogP) is 2.21. The normalized spacial score (nSPS) is 10.3. The standard InChI is InChI=1S/C12H11FN2O2/c1-8-4-9(13)2-3-11(8)17-12-6-14-10(7-16)5-15-12/h2-6,16H,7H2,1H3. The van der Waals surface area contributed by atoms with E-state index in [1.807, 2.05) is 0 Å². The van der Waals surface area contributed by atoms with Gasteiger partial charge in [0, 0.05) is 0 Å². The third-order valence-electron chi connectivity index (χ3n) is 2.20. The number of nitrogens with zero attached hydrogens (tertiary/aromatic N) is 2. The third kappa shape index (κ3) is 2.76. The molecule has 4 nitrogen and oxygen atoms in total. The highest BCUT2D eigenvalue weighted by Gasteiger charge is 2.04. The molecule has 5 heteroatoms. The van der Waals surface area contributed by atoms with Crippen molar-refractivity contribution < 1.29 is 14.2 Å². The molecule has 17 heavy (non-hydrogen) atoms. The molecule has 1 heterocycles. The average molecular weight is 234 g/mol. The Balaban J connectivity index is 2.19. The summed E-state index contributed by atoms with van der Waals surface area (Å²) in [5.41, 5.74) is 1.14. The van der Waals surface area contributed by atoms with E-state index in [0.717, 1.165) is 0 Å². The van der Waals surface area contributed by atoms with Crippen molar-refractivity contribution in [2.24, 2.45) is 0 Å². The van der Waals surface area contributed by atoms with Gasteiger partial charge in [0.05, 0.1) is 24.7 Å². The molecule has 0 atom stereocenters. The summed E-state index contributed by atoms with van der Waals surface area (Å²) < 4.78 is 18.3. The first-order valence-electron chi connectivity index (χ1n) is 5.05. The molecule has 0 radical (unpaired) electrons. The van der Waals surface area contributed by atoms with Gasteiger partial charge in [-0.15, -0.1) is 0 Å². The molecule has 2 aromatic rings. The number of halogens is 1. The summed E-state index contributed by atoms with van der Waals surface area (Å²) in [5.74, 6) is 0.519. The molecule has 0 aliphatic heterocycles. The van der Waals surface area contributed by atoms with Gasteiger partial charge in [-0.25, -0.2) is 9.37 Å². The van der Waals surface area contributed by atoms with E-state index in [9.17, 15) is 4.39 Å². The van der Waals surface area contributed by atoms with E-state index in [-0.39, 0.29) is 12.4 Å². The maximum absolute atomic E-state index is 12.9. The third-order valence-corrected chi connectivity index (χ3v) is 2.20. The molecule has 2 rings (SSSR count). The number of aliphatic hydroxyl groups excluding tert-OH is 1. The average Bonchev–Trinajstić information content (AvgIpc) is 2.34. The zero-order chi connectivity index (χ0) is 12.3. The fourth-order valence-electron chi connectivity index (χ4n) is 1.32. The zero-order valence-corrected chi connectivity index (χ0v) is 9.22. The molecule has 1 aromatic carbocycles. The Morgan fingerprint density at radius 3 is 2.71 bits per heavy atom. The van der Waals surface area contributed by atoms with Crippen LogP contribution in [0.1, 0.15) is 11.3 Å². The fourth-order valence-corrected chi connectivity index (χ4v) is 1.32. The van der Waals surface area contributed by atoms with E-state index in [0.29, 0.717) is 22.9 Å². The Hall–Kier alpha value is -2.01. The molecular formula is C12H11FN2O2. The van der Waals surface area contributed by atoms with Gasteiger partial charge in [0.1, 0.15) is 11.6 Å². The molecule has 1 aromatic heterocycles. The van der Waals surface area contributed by atoms with Crippen molar-refractivity contribution >= 4 is 0 Å². The minimum Gasteiger partial charge on any atom is -0.437 e. The number of ether oxygens (including phenoxy) is 1. The van der Waals surface area contributed by atoms with E-state index in [4.69, 9.17) is 9.84 Å². The SMILES string of the molecule is Cc1cc(F)ccc1Oc1cnc(CO)cn1. The molecule has 88 valence electrons. The highest BCUT2D eigenvalue weighted by Crippen LogP contribution is 2.23. The van der Waals surface area contributed by atoms with Crippen molar-refractivity contribution in [3.63, 3.8) is 0 Å². The molecule has 0 bridgehead atoms. The van der Waals surface area contributed by atoms with Crippen molar-refractivity contribution in [1.82, 2.24) is 9.97 Å². The Labute approximate surface area is 97.7 Å². The summed E-state index contributed by atoms with van der Waals surface area (Å²) in [6.07, 6.45) is 2.84. The Bertz CT molecular complexity index is 514. The van der Waals surface area contributed by atoms with E-state index >= 15 is 0 Å². The quantitative estimate of drug-likeness (QED) is 0.884. The summed E-state index contributed by atoms with van der Waals surface area (Å²) >= 11 is 0. The monoisotopic (exact) mass is 234 g/mol. The van der Waals surface area contributed by atoms with Gasteiger partial charge >= 0.3 is 0 Å². The second kappa shape index (κ2) is 4.88. The Morgan fingerprint density at radius 2 is 2.12 bits per heavy atom. The van der Waals surface area contributed by atoms with Gasteiger partial charge in [-0.3, -0.25) is 4.98 Å². The molecule has 0 fully saturated rings. The summed E-state index contributed by atoms with van der Waals surface area (Å²) in [6.45, 7) is 1.58. The summed E-state index contributed by atoms with van der Waals surface area (Å²) in [7, 11) is 0. The largest absolute Gasteiger partial charge is 0.437 e. The van der Waals surface area contributed by atoms with E-state index in [1.165, 1.54) is 30.6 Å². The van der Waals surface area contributed by atoms with Crippen LogP contribution >= 0.6 is 0 Å². The lowest BCUT2D eigenvalue weighted by atomic mass is 10.2. The van der Waals surface area contributed by atoms with Gasteiger partial charge < -0.3 is 9.84 Å². The minimum atomic E-state index is -0.309. The fraction of sp³-hybridized carbons (Fsp3) is 0.167. The van der Waals surface area contributed by atoms with Crippen molar-refractivity contribution in [2.75, 3.05) is 0 Å². The Morgan fingerprint density at radius 1 is 1.29 bits per heavy atom. The molecule has 0 aliphatic carbocycles. The first-order chi connectivity index (χ1) is 8.19. The van der Waals surface area contributed by atoms with E-state index in [2.05, 4.69) is 9.97 Å². The number of hydrogen-bond acceptors (Lipinski definition) is 4. The number of rotatable bonds is 3. The molecule has 0 aliphatic rings. The smallest absolute Gasteiger partial charge is 0.237 e. The topological polar surface area (TPSA) is 55.2 Å². The first-order valence-corrected chi connectivity index (χ1v) is 5.05. The van der Waals surface area contributed by atoms with Crippen molar-refractivity contribution in [1.29, 1.82) is 0 Å². The first kappa shape index (κ1) is 11.5. The maximum atomic E-state index is 12.9. The summed E-state index contributed by atoms with van der Waals surface area (Å²) in [6, 6.07) is 4.23. The molecule has 0 saturated heterocycles. The van der Waals surface area contributed by atoms with Crippen LogP contribution in [-0.2, 0) is 6.61 Å². The van der Waals surface area contributed by atoms with Crippen molar-refractivity contribution in [3.8, 4) is 11.6 Å². The lowest BCUT2D eigenvalue weighted by molar-refractivity contribution is 0.276. The van der Waals surface area contributed by atoms with Crippen molar-refractivity contribution in [3.05, 3.63) is 47.7 Å². The van der Waals surface area contributed by atoms with Gasteiger partial charge in [0.2, 0.25) is 5.88 Å². The van der Waals surface area contributed by atoms with Gasteiger partial charge in [-0.2, -0.15) is 0 Å². The molecule has 0 saturated carbocycles. The number of aryl methyl sites for hydroxylation is 1. The minimum absolute atomic E-state index is 0.164. The van der Waals surface area contributed by atoms with Crippen LogP contribution in [-0.4, -0.2) is 15.1 Å². The van der Waals surface area contributed by atoms with Crippen LogP contribution in [0.3, 0.4) is 0 Å². The maximum Gasteiger partial charge on any atom is 0.237 e. The second-order valence-electron chi connectivity index (χ2n) is 3.52.